The summed E-state index contributed by atoms with van der Waals surface area (Å²) in [6.07, 6.45) is 4.81. The van der Waals surface area contributed by atoms with Crippen LogP contribution in [0.5, 0.6) is 0 Å². The Hall–Kier alpha value is -4.76. The maximum absolute atomic E-state index is 13.9. The molecule has 2 aliphatic rings. The van der Waals surface area contributed by atoms with E-state index in [1.54, 1.807) is 11.8 Å². The number of benzene rings is 2. The third-order valence-electron chi connectivity index (χ3n) is 9.55. The van der Waals surface area contributed by atoms with Crippen LogP contribution in [-0.2, 0) is 46.4 Å². The van der Waals surface area contributed by atoms with E-state index >= 15 is 0 Å². The predicted molar refractivity (Wildman–Crippen MR) is 208 cm³/mol. The molecule has 15 heteroatoms. The van der Waals surface area contributed by atoms with Crippen LogP contribution in [0.15, 0.2) is 60.7 Å². The molecule has 4 rings (SSSR count). The lowest BCUT2D eigenvalue weighted by Gasteiger charge is -2.32. The minimum Gasteiger partial charge on any atom is -0.368 e. The summed E-state index contributed by atoms with van der Waals surface area (Å²) in [7, 11) is 1.53. The van der Waals surface area contributed by atoms with Gasteiger partial charge in [-0.25, -0.2) is 0 Å². The molecule has 54 heavy (non-hydrogen) atoms. The number of hydrogen-bond acceptors (Lipinski definition) is 9. The van der Waals surface area contributed by atoms with Crippen LogP contribution in [0.3, 0.4) is 0 Å². The van der Waals surface area contributed by atoms with Crippen molar-refractivity contribution in [3.63, 3.8) is 0 Å². The third kappa shape index (κ3) is 13.0. The topological polar surface area (TPSA) is 223 Å². The lowest BCUT2D eigenvalue weighted by molar-refractivity contribution is -0.142. The van der Waals surface area contributed by atoms with Gasteiger partial charge in [0.2, 0.25) is 35.4 Å². The molecule has 0 aliphatic carbocycles. The Morgan fingerprint density at radius 2 is 1.57 bits per heavy atom. The lowest BCUT2D eigenvalue weighted by atomic mass is 9.87. The molecule has 0 bridgehead atoms. The van der Waals surface area contributed by atoms with E-state index in [4.69, 9.17) is 11.5 Å². The Balaban J connectivity index is 0.000000414. The fraction of sp³-hybridized carbons (Fsp3) is 0.513. The number of ketones is 1. The minimum atomic E-state index is -1.47. The van der Waals surface area contributed by atoms with Crippen molar-refractivity contribution >= 4 is 53.0 Å². The minimum absolute atomic E-state index is 0.205. The molecule has 2 saturated heterocycles. The van der Waals surface area contributed by atoms with Crippen molar-refractivity contribution in [1.29, 1.82) is 0 Å². The molecular weight excluding hydrogens is 711 g/mol. The number of carbonyl (C=O) groups excluding carboxylic acids is 7. The number of nitrogens with two attached hydrogens (primary N) is 2. The molecule has 6 amide bonds. The zero-order valence-corrected chi connectivity index (χ0v) is 32.4. The number of thioether (sulfide) groups is 1. The monoisotopic (exact) mass is 765 g/mol. The number of nitrogens with one attached hydrogen (secondary N) is 4. The van der Waals surface area contributed by atoms with E-state index in [2.05, 4.69) is 21.3 Å². The van der Waals surface area contributed by atoms with Crippen LogP contribution in [0.25, 0.3) is 0 Å². The second kappa shape index (κ2) is 21.2. The summed E-state index contributed by atoms with van der Waals surface area (Å²) in [6.45, 7) is 4.53. The SMILES string of the molecule is CN(C(=O)C(Cc1ccccc1)NC(=O)C1CCC(=O)N1)[C@@H](Cc1ccccc1)C(=O)N[C@@H]1CCNC1=O.CSCCC(N)(C(N)=O)C(=O)CCC(C)C. The van der Waals surface area contributed by atoms with Gasteiger partial charge < -0.3 is 37.6 Å². The van der Waals surface area contributed by atoms with Crippen LogP contribution >= 0.6 is 11.8 Å². The van der Waals surface area contributed by atoms with E-state index in [-0.39, 0.29) is 36.9 Å². The van der Waals surface area contributed by atoms with Gasteiger partial charge in [-0.3, -0.25) is 33.6 Å². The Kier molecular flexibility index (Phi) is 17.1. The van der Waals surface area contributed by atoms with Crippen molar-refractivity contribution in [1.82, 2.24) is 26.2 Å². The quantitative estimate of drug-likeness (QED) is 0.119. The number of amides is 6. The lowest BCUT2D eigenvalue weighted by Crippen LogP contribution is -2.58. The number of rotatable bonds is 18. The second-order valence-electron chi connectivity index (χ2n) is 14.1. The van der Waals surface area contributed by atoms with Crippen molar-refractivity contribution in [2.24, 2.45) is 17.4 Å². The molecule has 0 radical (unpaired) electrons. The van der Waals surface area contributed by atoms with Crippen LogP contribution in [-0.4, -0.2) is 101 Å². The highest BCUT2D eigenvalue weighted by molar-refractivity contribution is 7.98. The second-order valence-corrected chi connectivity index (χ2v) is 15.1. The van der Waals surface area contributed by atoms with Crippen molar-refractivity contribution in [2.45, 2.75) is 94.9 Å². The summed E-state index contributed by atoms with van der Waals surface area (Å²) in [5, 5.41) is 10.9. The van der Waals surface area contributed by atoms with Crippen LogP contribution < -0.4 is 32.7 Å². The maximum atomic E-state index is 13.9. The smallest absolute Gasteiger partial charge is 0.245 e. The Bertz CT molecular complexity index is 1610. The molecule has 5 atom stereocenters. The summed E-state index contributed by atoms with van der Waals surface area (Å²) in [6, 6.07) is 15.3. The van der Waals surface area contributed by atoms with Crippen molar-refractivity contribution in [3.05, 3.63) is 71.8 Å². The van der Waals surface area contributed by atoms with Gasteiger partial charge in [-0.15, -0.1) is 0 Å². The van der Waals surface area contributed by atoms with E-state index in [0.717, 1.165) is 17.5 Å². The molecule has 2 fully saturated rings. The first-order chi connectivity index (χ1) is 25.7. The number of nitrogens with zero attached hydrogens (tertiary/aromatic N) is 1. The predicted octanol–water partition coefficient (Wildman–Crippen LogP) is 0.995. The molecular formula is C39H55N7O7S. The Morgan fingerprint density at radius 1 is 0.963 bits per heavy atom. The molecule has 3 unspecified atom stereocenters. The van der Waals surface area contributed by atoms with Gasteiger partial charge in [-0.1, -0.05) is 74.5 Å². The Morgan fingerprint density at radius 3 is 2.07 bits per heavy atom. The highest BCUT2D eigenvalue weighted by Gasteiger charge is 2.39. The van der Waals surface area contributed by atoms with Crippen molar-refractivity contribution in [3.8, 4) is 0 Å². The molecule has 8 N–H and O–H groups in total. The Labute approximate surface area is 321 Å². The number of hydrogen-bond donors (Lipinski definition) is 6. The van der Waals surface area contributed by atoms with Gasteiger partial charge >= 0.3 is 0 Å². The molecule has 294 valence electrons. The van der Waals surface area contributed by atoms with Crippen molar-refractivity contribution < 1.29 is 33.6 Å². The van der Waals surface area contributed by atoms with E-state index in [1.165, 1.54) is 11.9 Å². The van der Waals surface area contributed by atoms with Crippen LogP contribution in [0.2, 0.25) is 0 Å². The van der Waals surface area contributed by atoms with Gasteiger partial charge in [0.15, 0.2) is 11.3 Å². The number of carbonyl (C=O) groups is 7. The largest absolute Gasteiger partial charge is 0.368 e. The molecule has 2 aromatic carbocycles. The first kappa shape index (κ1) is 43.6. The van der Waals surface area contributed by atoms with Gasteiger partial charge in [0.1, 0.15) is 24.2 Å². The molecule has 0 spiro atoms. The molecule has 2 aliphatic heterocycles. The zero-order valence-electron chi connectivity index (χ0n) is 31.6. The summed E-state index contributed by atoms with van der Waals surface area (Å²) < 4.78 is 0. The third-order valence-corrected chi connectivity index (χ3v) is 10.2. The number of Topliss-reactive ketones (excluding diaryl/α,β-unsaturated/α-hetero) is 1. The standard InChI is InChI=1S/C28H33N5O5.C11H22N2O2S/c1-33(23(17-19-10-6-3-7-11-19)27(37)31-21-14-15-29-25(21)35)28(38)22(16-18-8-4-2-5-9-18)32-26(36)20-12-13-24(34)30-20;1-8(2)4-5-9(14)11(13,10(12)15)6-7-16-3/h2-11,20-23H,12-17H2,1H3,(H,29,35)(H,30,34)(H,31,37)(H,32,36);8H,4-7,13H2,1-3H3,(H2,12,15)/t20?,21-,22?,23+;/m1./s1. The highest BCUT2D eigenvalue weighted by Crippen LogP contribution is 2.17. The maximum Gasteiger partial charge on any atom is 0.245 e. The highest BCUT2D eigenvalue weighted by atomic mass is 32.2. The molecule has 0 saturated carbocycles. The summed E-state index contributed by atoms with van der Waals surface area (Å²) >= 11 is 1.55. The molecule has 0 aromatic heterocycles. The van der Waals surface area contributed by atoms with Crippen LogP contribution in [0.4, 0.5) is 0 Å². The number of primary amides is 1. The first-order valence-electron chi connectivity index (χ1n) is 18.3. The van der Waals surface area contributed by atoms with Gasteiger partial charge in [-0.2, -0.15) is 11.8 Å². The van der Waals surface area contributed by atoms with E-state index in [0.29, 0.717) is 43.9 Å². The summed E-state index contributed by atoms with van der Waals surface area (Å²) in [5.74, 6) is -1.65. The fourth-order valence-electron chi connectivity index (χ4n) is 6.08. The van der Waals surface area contributed by atoms with Crippen molar-refractivity contribution in [2.75, 3.05) is 25.6 Å². The average molecular weight is 766 g/mol. The van der Waals surface area contributed by atoms with Crippen LogP contribution in [0.1, 0.15) is 63.5 Å². The summed E-state index contributed by atoms with van der Waals surface area (Å²) in [5.41, 5.74) is 11.3. The van der Waals surface area contributed by atoms with Gasteiger partial charge in [0.05, 0.1) is 0 Å². The van der Waals surface area contributed by atoms with Crippen LogP contribution in [0, 0.1) is 5.92 Å². The first-order valence-corrected chi connectivity index (χ1v) is 19.7. The summed E-state index contributed by atoms with van der Waals surface area (Å²) in [4.78, 5) is 88.5. The van der Waals surface area contributed by atoms with E-state index in [9.17, 15) is 33.6 Å². The molecule has 2 heterocycles. The van der Waals surface area contributed by atoms with Gasteiger partial charge in [0, 0.05) is 39.3 Å². The average Bonchev–Trinajstić information content (AvgIpc) is 3.78. The van der Waals surface area contributed by atoms with Gasteiger partial charge in [-0.05, 0) is 54.7 Å². The van der Waals surface area contributed by atoms with E-state index < -0.39 is 53.3 Å². The van der Waals surface area contributed by atoms with E-state index in [1.807, 2.05) is 80.8 Å². The zero-order chi connectivity index (χ0) is 39.8. The fourth-order valence-corrected chi connectivity index (χ4v) is 6.61. The number of likely N-dealkylation sites (N-methyl/N-ethyl adjacent to an activating group) is 1. The normalized spacial score (nSPS) is 18.6. The van der Waals surface area contributed by atoms with Gasteiger partial charge in [0.25, 0.3) is 0 Å². The molecule has 14 nitrogen and oxygen atoms in total. The molecule has 2 aromatic rings.